The number of fused-ring (bicyclic) bond motifs is 1. The summed E-state index contributed by atoms with van der Waals surface area (Å²) in [5.74, 6) is 0.876. The molecule has 0 radical (unpaired) electrons. The van der Waals surface area contributed by atoms with Crippen molar-refractivity contribution in [1.82, 2.24) is 34.9 Å². The van der Waals surface area contributed by atoms with Gasteiger partial charge < -0.3 is 14.8 Å². The summed E-state index contributed by atoms with van der Waals surface area (Å²) in [6.07, 6.45) is 3.67. The summed E-state index contributed by atoms with van der Waals surface area (Å²) < 4.78 is 1.97. The van der Waals surface area contributed by atoms with Gasteiger partial charge in [-0.15, -0.1) is 0 Å². The molecule has 1 aliphatic rings. The fourth-order valence-corrected chi connectivity index (χ4v) is 3.50. The first-order valence-electron chi connectivity index (χ1n) is 8.37. The van der Waals surface area contributed by atoms with Crippen molar-refractivity contribution in [3.63, 3.8) is 0 Å². The molecule has 3 aromatic heterocycles. The minimum atomic E-state index is -0.100. The molecule has 1 fully saturated rings. The van der Waals surface area contributed by atoms with Gasteiger partial charge in [0.15, 0.2) is 5.65 Å². The van der Waals surface area contributed by atoms with E-state index in [-0.39, 0.29) is 11.9 Å². The molecule has 8 heteroatoms. The second-order valence-corrected chi connectivity index (χ2v) is 6.47. The second kappa shape index (κ2) is 5.96. The van der Waals surface area contributed by atoms with Gasteiger partial charge in [-0.25, -0.2) is 9.97 Å². The summed E-state index contributed by atoms with van der Waals surface area (Å²) in [4.78, 5) is 24.2. The molecule has 0 aromatic carbocycles. The Morgan fingerprint density at radius 3 is 2.96 bits per heavy atom. The van der Waals surface area contributed by atoms with E-state index in [1.807, 2.05) is 42.6 Å². The normalized spacial score (nSPS) is 18.0. The van der Waals surface area contributed by atoms with Crippen LogP contribution in [0.15, 0.2) is 18.5 Å². The number of carbonyl (C=O) groups is 1. The van der Waals surface area contributed by atoms with E-state index in [0.29, 0.717) is 24.3 Å². The summed E-state index contributed by atoms with van der Waals surface area (Å²) >= 11 is 0. The van der Waals surface area contributed by atoms with E-state index in [4.69, 9.17) is 0 Å². The molecule has 0 bridgehead atoms. The van der Waals surface area contributed by atoms with Crippen molar-refractivity contribution >= 4 is 16.9 Å². The number of H-pyrrole nitrogens is 1. The van der Waals surface area contributed by atoms with E-state index in [1.165, 1.54) is 0 Å². The summed E-state index contributed by atoms with van der Waals surface area (Å²) in [6.45, 7) is 5.89. The van der Waals surface area contributed by atoms with E-state index >= 15 is 0 Å². The number of nitrogens with zero attached hydrogens (tertiary/aromatic N) is 5. The molecule has 0 saturated carbocycles. The quantitative estimate of drug-likeness (QED) is 0.729. The standard InChI is InChI=1S/C17H21N7O/c1-10-8-12(14-11(2)21-22-15(14)20-10)17(25)24-7-4-18-9-13(24)16-19-5-6-23(16)3/h5-6,8,13,18H,4,7,9H2,1-3H3,(H,20,21,22). The van der Waals surface area contributed by atoms with Crippen LogP contribution in [0.3, 0.4) is 0 Å². The monoisotopic (exact) mass is 339 g/mol. The summed E-state index contributed by atoms with van der Waals surface area (Å²) in [7, 11) is 1.95. The number of piperazine rings is 1. The fourth-order valence-electron chi connectivity index (χ4n) is 3.50. The van der Waals surface area contributed by atoms with Gasteiger partial charge in [0.1, 0.15) is 11.9 Å². The number of aromatic nitrogens is 5. The zero-order valence-corrected chi connectivity index (χ0v) is 14.6. The van der Waals surface area contributed by atoms with E-state index < -0.39 is 0 Å². The third kappa shape index (κ3) is 2.58. The van der Waals surface area contributed by atoms with Gasteiger partial charge in [-0.3, -0.25) is 9.89 Å². The smallest absolute Gasteiger partial charge is 0.255 e. The van der Waals surface area contributed by atoms with Crippen LogP contribution in [0.5, 0.6) is 0 Å². The molecule has 4 heterocycles. The molecule has 1 atom stereocenters. The number of hydrogen-bond acceptors (Lipinski definition) is 5. The lowest BCUT2D eigenvalue weighted by Gasteiger charge is -2.36. The first-order valence-corrected chi connectivity index (χ1v) is 8.37. The Hall–Kier alpha value is -2.74. The number of aromatic amines is 1. The van der Waals surface area contributed by atoms with Gasteiger partial charge in [0.25, 0.3) is 5.91 Å². The Morgan fingerprint density at radius 1 is 1.36 bits per heavy atom. The summed E-state index contributed by atoms with van der Waals surface area (Å²) in [5.41, 5.74) is 2.87. The number of carbonyl (C=O) groups excluding carboxylic acids is 1. The van der Waals surface area contributed by atoms with E-state index in [0.717, 1.165) is 29.1 Å². The minimum absolute atomic E-state index is 0.00509. The highest BCUT2D eigenvalue weighted by Gasteiger charge is 2.32. The number of nitrogens with one attached hydrogen (secondary N) is 2. The zero-order chi connectivity index (χ0) is 17.6. The predicted molar refractivity (Wildman–Crippen MR) is 93.2 cm³/mol. The van der Waals surface area contributed by atoms with Gasteiger partial charge in [0.05, 0.1) is 10.9 Å². The van der Waals surface area contributed by atoms with Gasteiger partial charge in [0, 0.05) is 50.5 Å². The number of amides is 1. The lowest BCUT2D eigenvalue weighted by Crippen LogP contribution is -2.49. The zero-order valence-electron chi connectivity index (χ0n) is 14.6. The van der Waals surface area contributed by atoms with Crippen molar-refractivity contribution in [3.05, 3.63) is 41.2 Å². The first-order chi connectivity index (χ1) is 12.1. The van der Waals surface area contributed by atoms with Crippen LogP contribution < -0.4 is 5.32 Å². The SMILES string of the molecule is Cc1cc(C(=O)N2CCNCC2c2nccn2C)c2c(C)[nH]nc2n1. The van der Waals surface area contributed by atoms with Crippen molar-refractivity contribution < 1.29 is 4.79 Å². The maximum absolute atomic E-state index is 13.4. The van der Waals surface area contributed by atoms with Gasteiger partial charge in [-0.1, -0.05) is 0 Å². The largest absolute Gasteiger partial charge is 0.336 e. The number of imidazole rings is 1. The number of rotatable bonds is 2. The van der Waals surface area contributed by atoms with Gasteiger partial charge >= 0.3 is 0 Å². The fraction of sp³-hybridized carbons (Fsp3) is 0.412. The molecule has 25 heavy (non-hydrogen) atoms. The number of aryl methyl sites for hydroxylation is 3. The molecular weight excluding hydrogens is 318 g/mol. The maximum Gasteiger partial charge on any atom is 0.255 e. The Labute approximate surface area is 145 Å². The highest BCUT2D eigenvalue weighted by Crippen LogP contribution is 2.27. The van der Waals surface area contributed by atoms with Crippen molar-refractivity contribution in [2.45, 2.75) is 19.9 Å². The Balaban J connectivity index is 1.79. The molecule has 1 amide bonds. The van der Waals surface area contributed by atoms with Crippen LogP contribution in [-0.2, 0) is 7.05 Å². The molecule has 1 unspecified atom stereocenters. The topological polar surface area (TPSA) is 91.7 Å². The molecule has 4 rings (SSSR count). The van der Waals surface area contributed by atoms with Crippen LogP contribution in [0.4, 0.5) is 0 Å². The van der Waals surface area contributed by atoms with E-state index in [9.17, 15) is 4.79 Å². The van der Waals surface area contributed by atoms with Crippen LogP contribution >= 0.6 is 0 Å². The highest BCUT2D eigenvalue weighted by atomic mass is 16.2. The Kier molecular flexibility index (Phi) is 3.76. The number of hydrogen-bond donors (Lipinski definition) is 2. The lowest BCUT2D eigenvalue weighted by molar-refractivity contribution is 0.0622. The lowest BCUT2D eigenvalue weighted by atomic mass is 10.1. The van der Waals surface area contributed by atoms with Crippen molar-refractivity contribution in [2.24, 2.45) is 7.05 Å². The molecule has 3 aromatic rings. The Morgan fingerprint density at radius 2 is 2.20 bits per heavy atom. The molecule has 1 saturated heterocycles. The molecule has 2 N–H and O–H groups in total. The Bertz CT molecular complexity index is 942. The maximum atomic E-state index is 13.4. The minimum Gasteiger partial charge on any atom is -0.336 e. The third-order valence-corrected chi connectivity index (χ3v) is 4.72. The summed E-state index contributed by atoms with van der Waals surface area (Å²) in [5, 5.41) is 11.3. The van der Waals surface area contributed by atoms with Gasteiger partial charge in [0.2, 0.25) is 0 Å². The number of pyridine rings is 1. The molecular formula is C17H21N7O. The first kappa shape index (κ1) is 15.8. The van der Waals surface area contributed by atoms with Gasteiger partial charge in [-0.05, 0) is 19.9 Å². The highest BCUT2D eigenvalue weighted by molar-refractivity contribution is 6.06. The molecule has 8 nitrogen and oxygen atoms in total. The van der Waals surface area contributed by atoms with E-state index in [1.54, 1.807) is 6.20 Å². The second-order valence-electron chi connectivity index (χ2n) is 6.47. The van der Waals surface area contributed by atoms with Crippen LogP contribution in [-0.4, -0.2) is 55.2 Å². The van der Waals surface area contributed by atoms with Crippen LogP contribution in [0.1, 0.15) is 33.6 Å². The average molecular weight is 339 g/mol. The molecule has 130 valence electrons. The van der Waals surface area contributed by atoms with Gasteiger partial charge in [-0.2, -0.15) is 5.10 Å². The average Bonchev–Trinajstić information content (AvgIpc) is 3.19. The molecule has 0 aliphatic carbocycles. The van der Waals surface area contributed by atoms with Crippen molar-refractivity contribution in [1.29, 1.82) is 0 Å². The van der Waals surface area contributed by atoms with Crippen LogP contribution in [0.2, 0.25) is 0 Å². The third-order valence-electron chi connectivity index (χ3n) is 4.72. The van der Waals surface area contributed by atoms with Crippen molar-refractivity contribution in [2.75, 3.05) is 19.6 Å². The molecule has 0 spiro atoms. The van der Waals surface area contributed by atoms with E-state index in [2.05, 4.69) is 25.5 Å². The summed E-state index contributed by atoms with van der Waals surface area (Å²) in [6, 6.07) is 1.75. The van der Waals surface area contributed by atoms with Crippen LogP contribution in [0.25, 0.3) is 11.0 Å². The van der Waals surface area contributed by atoms with Crippen molar-refractivity contribution in [3.8, 4) is 0 Å². The predicted octanol–water partition coefficient (Wildman–Crippen LogP) is 1.09. The molecule has 1 aliphatic heterocycles. The van der Waals surface area contributed by atoms with Crippen LogP contribution in [0, 0.1) is 13.8 Å².